The molecule has 0 spiro atoms. The topological polar surface area (TPSA) is 55.1 Å². The van der Waals surface area contributed by atoms with Crippen LogP contribution in [0.5, 0.6) is 0 Å². The lowest BCUT2D eigenvalue weighted by molar-refractivity contribution is 0.102. The third-order valence-corrected chi connectivity index (χ3v) is 3.00. The molecule has 2 aromatic rings. The molecule has 1 amide bonds. The monoisotopic (exact) mass is 344 g/mol. The summed E-state index contributed by atoms with van der Waals surface area (Å²) in [6.45, 7) is 0. The van der Waals surface area contributed by atoms with Gasteiger partial charge in [0.25, 0.3) is 5.91 Å². The Morgan fingerprint density at radius 3 is 2.25 bits per heavy atom. The van der Waals surface area contributed by atoms with E-state index in [9.17, 15) is 18.0 Å². The highest BCUT2D eigenvalue weighted by atomic mass is 79.9. The van der Waals surface area contributed by atoms with E-state index in [0.717, 1.165) is 0 Å². The second-order valence-corrected chi connectivity index (χ2v) is 4.85. The number of carbonyl (C=O) groups is 1. The Labute approximate surface area is 120 Å². The van der Waals surface area contributed by atoms with Gasteiger partial charge in [-0.2, -0.15) is 0 Å². The number of hydrogen-bond acceptors (Lipinski definition) is 2. The molecule has 0 aliphatic rings. The van der Waals surface area contributed by atoms with Crippen LogP contribution in [0.4, 0.5) is 24.5 Å². The molecule has 0 atom stereocenters. The lowest BCUT2D eigenvalue weighted by atomic mass is 10.1. The number of nitrogens with one attached hydrogen (secondary N) is 1. The minimum atomic E-state index is -1.20. The number of amides is 1. The van der Waals surface area contributed by atoms with E-state index in [0.29, 0.717) is 16.6 Å². The maximum absolute atomic E-state index is 13.4. The number of hydrogen-bond donors (Lipinski definition) is 2. The van der Waals surface area contributed by atoms with E-state index in [4.69, 9.17) is 5.73 Å². The molecule has 7 heteroatoms. The van der Waals surface area contributed by atoms with Crippen LogP contribution in [0.2, 0.25) is 0 Å². The smallest absolute Gasteiger partial charge is 0.257 e. The van der Waals surface area contributed by atoms with Gasteiger partial charge in [0.2, 0.25) is 0 Å². The van der Waals surface area contributed by atoms with Gasteiger partial charge in [-0.3, -0.25) is 4.79 Å². The molecule has 0 aromatic heterocycles. The van der Waals surface area contributed by atoms with Crippen molar-refractivity contribution in [2.75, 3.05) is 11.1 Å². The van der Waals surface area contributed by atoms with Crippen LogP contribution in [0.3, 0.4) is 0 Å². The highest BCUT2D eigenvalue weighted by molar-refractivity contribution is 9.10. The number of anilines is 2. The molecule has 0 radical (unpaired) electrons. The fourth-order valence-electron chi connectivity index (χ4n) is 1.58. The normalized spacial score (nSPS) is 10.4. The van der Waals surface area contributed by atoms with E-state index in [-0.39, 0.29) is 11.3 Å². The Hall–Kier alpha value is -2.02. The molecule has 0 aliphatic heterocycles. The van der Waals surface area contributed by atoms with Crippen molar-refractivity contribution in [3.05, 3.63) is 57.8 Å². The van der Waals surface area contributed by atoms with Crippen LogP contribution in [0.1, 0.15) is 10.4 Å². The van der Waals surface area contributed by atoms with Crippen LogP contribution in [0.15, 0.2) is 34.8 Å². The van der Waals surface area contributed by atoms with Crippen molar-refractivity contribution in [1.29, 1.82) is 0 Å². The maximum Gasteiger partial charge on any atom is 0.257 e. The van der Waals surface area contributed by atoms with Crippen LogP contribution < -0.4 is 11.1 Å². The number of benzene rings is 2. The van der Waals surface area contributed by atoms with Crippen LogP contribution in [0.25, 0.3) is 0 Å². The maximum atomic E-state index is 13.4. The van der Waals surface area contributed by atoms with E-state index < -0.39 is 29.0 Å². The Kier molecular flexibility index (Phi) is 3.99. The number of rotatable bonds is 2. The molecule has 0 heterocycles. The molecule has 3 N–H and O–H groups in total. The van der Waals surface area contributed by atoms with Gasteiger partial charge < -0.3 is 11.1 Å². The summed E-state index contributed by atoms with van der Waals surface area (Å²) in [5.74, 6) is -4.27. The molecular weight excluding hydrogens is 337 g/mol. The molecular formula is C13H8BrF3N2O. The molecule has 0 saturated carbocycles. The van der Waals surface area contributed by atoms with E-state index in [1.54, 1.807) is 6.07 Å². The standard InChI is InChI=1S/C13H8BrF3N2O/c14-6-1-2-8(11(18)3-6)13(20)19-12-9(16)4-7(15)5-10(12)17/h1-5H,18H2,(H,19,20). The number of nitrogens with two attached hydrogens (primary N) is 1. The predicted octanol–water partition coefficient (Wildman–Crippen LogP) is 3.70. The van der Waals surface area contributed by atoms with Gasteiger partial charge in [-0.1, -0.05) is 15.9 Å². The summed E-state index contributed by atoms with van der Waals surface area (Å²) in [5, 5.41) is 2.03. The van der Waals surface area contributed by atoms with E-state index in [2.05, 4.69) is 15.9 Å². The molecule has 2 rings (SSSR count). The van der Waals surface area contributed by atoms with Crippen molar-refractivity contribution in [2.24, 2.45) is 0 Å². The summed E-state index contributed by atoms with van der Waals surface area (Å²) in [6, 6.07) is 5.39. The fraction of sp³-hybridized carbons (Fsp3) is 0. The molecule has 0 saturated heterocycles. The van der Waals surface area contributed by atoms with Gasteiger partial charge in [0, 0.05) is 22.3 Å². The Morgan fingerprint density at radius 2 is 1.70 bits per heavy atom. The van der Waals surface area contributed by atoms with Gasteiger partial charge in [-0.05, 0) is 18.2 Å². The van der Waals surface area contributed by atoms with Crippen molar-refractivity contribution in [2.45, 2.75) is 0 Å². The van der Waals surface area contributed by atoms with E-state index in [1.807, 2.05) is 5.32 Å². The van der Waals surface area contributed by atoms with Crippen molar-refractivity contribution < 1.29 is 18.0 Å². The first-order valence-corrected chi connectivity index (χ1v) is 6.18. The van der Waals surface area contributed by atoms with Crippen LogP contribution in [0, 0.1) is 17.5 Å². The summed E-state index contributed by atoms with van der Waals surface area (Å²) in [7, 11) is 0. The molecule has 0 bridgehead atoms. The van der Waals surface area contributed by atoms with Crippen molar-refractivity contribution in [3.63, 3.8) is 0 Å². The number of carbonyl (C=O) groups excluding carboxylic acids is 1. The van der Waals surface area contributed by atoms with E-state index >= 15 is 0 Å². The Balaban J connectivity index is 2.33. The van der Waals surface area contributed by atoms with Gasteiger partial charge in [0.15, 0.2) is 11.6 Å². The first-order chi connectivity index (χ1) is 9.38. The lowest BCUT2D eigenvalue weighted by Crippen LogP contribution is -2.16. The summed E-state index contributed by atoms with van der Waals surface area (Å²) < 4.78 is 40.3. The molecule has 20 heavy (non-hydrogen) atoms. The second-order valence-electron chi connectivity index (χ2n) is 3.93. The van der Waals surface area contributed by atoms with Gasteiger partial charge in [-0.25, -0.2) is 13.2 Å². The minimum absolute atomic E-state index is 0.0522. The zero-order chi connectivity index (χ0) is 14.9. The summed E-state index contributed by atoms with van der Waals surface area (Å²) >= 11 is 3.17. The Morgan fingerprint density at radius 1 is 1.10 bits per heavy atom. The summed E-state index contributed by atoms with van der Waals surface area (Å²) in [5.41, 5.74) is 5.11. The number of nitrogen functional groups attached to an aromatic ring is 1. The van der Waals surface area contributed by atoms with Crippen LogP contribution >= 0.6 is 15.9 Å². The highest BCUT2D eigenvalue weighted by Crippen LogP contribution is 2.23. The first-order valence-electron chi connectivity index (χ1n) is 5.39. The molecule has 104 valence electrons. The van der Waals surface area contributed by atoms with Crippen molar-refractivity contribution in [1.82, 2.24) is 0 Å². The molecule has 3 nitrogen and oxygen atoms in total. The average Bonchev–Trinajstić information content (AvgIpc) is 2.33. The van der Waals surface area contributed by atoms with Crippen LogP contribution in [-0.4, -0.2) is 5.91 Å². The molecule has 0 fully saturated rings. The third-order valence-electron chi connectivity index (χ3n) is 2.50. The SMILES string of the molecule is Nc1cc(Br)ccc1C(=O)Nc1c(F)cc(F)cc1F. The second kappa shape index (κ2) is 5.54. The Bertz CT molecular complexity index is 668. The van der Waals surface area contributed by atoms with Gasteiger partial charge in [-0.15, -0.1) is 0 Å². The predicted molar refractivity (Wildman–Crippen MR) is 72.8 cm³/mol. The molecule has 0 unspecified atom stereocenters. The average molecular weight is 345 g/mol. The zero-order valence-electron chi connectivity index (χ0n) is 9.88. The first kappa shape index (κ1) is 14.4. The quantitative estimate of drug-likeness (QED) is 0.816. The van der Waals surface area contributed by atoms with Gasteiger partial charge in [0.1, 0.15) is 11.5 Å². The fourth-order valence-corrected chi connectivity index (χ4v) is 1.96. The van der Waals surface area contributed by atoms with Crippen molar-refractivity contribution in [3.8, 4) is 0 Å². The number of halogens is 4. The zero-order valence-corrected chi connectivity index (χ0v) is 11.5. The van der Waals surface area contributed by atoms with Gasteiger partial charge in [0.05, 0.1) is 5.56 Å². The van der Waals surface area contributed by atoms with Crippen LogP contribution in [-0.2, 0) is 0 Å². The summed E-state index contributed by atoms with van der Waals surface area (Å²) in [6.07, 6.45) is 0. The summed E-state index contributed by atoms with van der Waals surface area (Å²) in [4.78, 5) is 11.9. The largest absolute Gasteiger partial charge is 0.398 e. The molecule has 0 aliphatic carbocycles. The van der Waals surface area contributed by atoms with Gasteiger partial charge >= 0.3 is 0 Å². The van der Waals surface area contributed by atoms with Crippen molar-refractivity contribution >= 4 is 33.2 Å². The third kappa shape index (κ3) is 2.93. The lowest BCUT2D eigenvalue weighted by Gasteiger charge is -2.09. The minimum Gasteiger partial charge on any atom is -0.398 e. The highest BCUT2D eigenvalue weighted by Gasteiger charge is 2.17. The van der Waals surface area contributed by atoms with E-state index in [1.165, 1.54) is 12.1 Å². The molecule has 2 aromatic carbocycles.